The minimum atomic E-state index is -1.56. The number of pyridine rings is 1. The number of carbonyl (C=O) groups is 2. The van der Waals surface area contributed by atoms with Crippen LogP contribution in [0.2, 0.25) is 0 Å². The fourth-order valence-electron chi connectivity index (χ4n) is 3.16. The second kappa shape index (κ2) is 6.45. The lowest BCUT2D eigenvalue weighted by atomic mass is 9.90. The monoisotopic (exact) mass is 368 g/mol. The van der Waals surface area contributed by atoms with E-state index in [2.05, 4.69) is 10.1 Å². The third kappa shape index (κ3) is 2.95. The minimum absolute atomic E-state index is 0.251. The molecule has 138 valence electrons. The summed E-state index contributed by atoms with van der Waals surface area (Å²) in [4.78, 5) is 38.1. The first-order valence-electron chi connectivity index (χ1n) is 7.86. The van der Waals surface area contributed by atoms with Gasteiger partial charge in [-0.3, -0.25) is 4.79 Å². The van der Waals surface area contributed by atoms with Gasteiger partial charge in [-0.15, -0.1) is 0 Å². The van der Waals surface area contributed by atoms with Gasteiger partial charge in [-0.1, -0.05) is 6.07 Å². The van der Waals surface area contributed by atoms with Crippen molar-refractivity contribution in [1.29, 1.82) is 0 Å². The number of aryl methyl sites for hydroxylation is 2. The molecule has 0 aliphatic carbocycles. The average molecular weight is 368 g/mol. The van der Waals surface area contributed by atoms with Gasteiger partial charge < -0.3 is 20.9 Å². The number of nitrogen functional groups attached to an aromatic ring is 1. The normalized spacial score (nSPS) is 10.7. The highest BCUT2D eigenvalue weighted by Crippen LogP contribution is 2.36. The number of aromatic amines is 1. The van der Waals surface area contributed by atoms with Crippen molar-refractivity contribution in [1.82, 2.24) is 14.8 Å². The Morgan fingerprint density at radius 3 is 2.33 bits per heavy atom. The van der Waals surface area contributed by atoms with E-state index in [1.54, 1.807) is 31.3 Å². The molecule has 3 rings (SSSR count). The number of anilines is 1. The summed E-state index contributed by atoms with van der Waals surface area (Å²) in [6.45, 7) is 3.54. The highest BCUT2D eigenvalue weighted by atomic mass is 16.4. The fraction of sp³-hybridized carbons (Fsp3) is 0.111. The van der Waals surface area contributed by atoms with Crippen LogP contribution in [0.3, 0.4) is 0 Å². The minimum Gasteiger partial charge on any atom is -0.478 e. The molecule has 0 fully saturated rings. The van der Waals surface area contributed by atoms with Gasteiger partial charge in [-0.25, -0.2) is 14.3 Å². The number of nitrogens with zero attached hydrogens (tertiary/aromatic N) is 2. The average Bonchev–Trinajstić information content (AvgIpc) is 3.06. The van der Waals surface area contributed by atoms with Gasteiger partial charge in [0.05, 0.1) is 5.69 Å². The van der Waals surface area contributed by atoms with Gasteiger partial charge in [0.15, 0.2) is 0 Å². The lowest BCUT2D eigenvalue weighted by Crippen LogP contribution is -2.25. The quantitative estimate of drug-likeness (QED) is 0.548. The summed E-state index contributed by atoms with van der Waals surface area (Å²) in [6.07, 6.45) is 3.17. The fourth-order valence-corrected chi connectivity index (χ4v) is 3.16. The van der Waals surface area contributed by atoms with Crippen molar-refractivity contribution in [3.63, 3.8) is 0 Å². The van der Waals surface area contributed by atoms with E-state index in [-0.39, 0.29) is 11.1 Å². The van der Waals surface area contributed by atoms with E-state index in [1.165, 1.54) is 10.9 Å². The largest absolute Gasteiger partial charge is 0.478 e. The van der Waals surface area contributed by atoms with Crippen LogP contribution >= 0.6 is 0 Å². The Hall–Kier alpha value is -3.88. The zero-order chi connectivity index (χ0) is 19.9. The summed E-state index contributed by atoms with van der Waals surface area (Å²) in [5, 5.41) is 23.4. The van der Waals surface area contributed by atoms with Gasteiger partial charge in [0.1, 0.15) is 16.9 Å². The number of aromatic nitrogens is 3. The molecule has 3 aromatic rings. The molecule has 5 N–H and O–H groups in total. The summed E-state index contributed by atoms with van der Waals surface area (Å²) in [7, 11) is 0. The number of benzene rings is 1. The lowest BCUT2D eigenvalue weighted by molar-refractivity contribution is 0.0695. The molecule has 0 aliphatic heterocycles. The van der Waals surface area contributed by atoms with Crippen molar-refractivity contribution in [2.45, 2.75) is 13.8 Å². The van der Waals surface area contributed by atoms with E-state index in [9.17, 15) is 24.6 Å². The van der Waals surface area contributed by atoms with Gasteiger partial charge in [-0.2, -0.15) is 5.10 Å². The van der Waals surface area contributed by atoms with E-state index in [0.717, 1.165) is 5.56 Å². The van der Waals surface area contributed by atoms with Crippen LogP contribution in [-0.2, 0) is 0 Å². The molecule has 0 unspecified atom stereocenters. The molecule has 27 heavy (non-hydrogen) atoms. The number of H-pyrrole nitrogens is 1. The van der Waals surface area contributed by atoms with Crippen LogP contribution in [0.4, 0.5) is 5.82 Å². The van der Waals surface area contributed by atoms with E-state index in [0.29, 0.717) is 11.3 Å². The Morgan fingerprint density at radius 1 is 1.11 bits per heavy atom. The summed E-state index contributed by atoms with van der Waals surface area (Å²) in [5.74, 6) is -3.42. The number of carboxylic acid groups (broad SMARTS) is 2. The predicted octanol–water partition coefficient (Wildman–Crippen LogP) is 1.82. The van der Waals surface area contributed by atoms with Gasteiger partial charge in [0.25, 0.3) is 5.56 Å². The van der Waals surface area contributed by atoms with Gasteiger partial charge in [0, 0.05) is 23.5 Å². The topological polar surface area (TPSA) is 151 Å². The van der Waals surface area contributed by atoms with E-state index in [4.69, 9.17) is 5.73 Å². The van der Waals surface area contributed by atoms with Crippen molar-refractivity contribution in [3.05, 3.63) is 63.2 Å². The van der Waals surface area contributed by atoms with Crippen LogP contribution in [0.15, 0.2) is 35.4 Å². The molecule has 9 nitrogen and oxygen atoms in total. The summed E-state index contributed by atoms with van der Waals surface area (Å²) in [6, 6.07) is 5.16. The zero-order valence-corrected chi connectivity index (χ0v) is 14.5. The number of nitrogens with two attached hydrogens (primary N) is 1. The summed E-state index contributed by atoms with van der Waals surface area (Å²) in [5.41, 5.74) is 5.46. The maximum absolute atomic E-state index is 12.3. The van der Waals surface area contributed by atoms with Crippen molar-refractivity contribution < 1.29 is 19.8 Å². The Morgan fingerprint density at radius 2 is 1.78 bits per heavy atom. The third-order valence-corrected chi connectivity index (χ3v) is 4.13. The molecule has 1 aromatic carbocycles. The molecule has 0 bridgehead atoms. The number of hydrogen-bond donors (Lipinski definition) is 4. The molecule has 9 heteroatoms. The molecule has 0 saturated heterocycles. The van der Waals surface area contributed by atoms with Crippen LogP contribution in [0.5, 0.6) is 0 Å². The highest BCUT2D eigenvalue weighted by Gasteiger charge is 2.29. The molecule has 0 saturated carbocycles. The number of rotatable bonds is 4. The maximum atomic E-state index is 12.3. The SMILES string of the molecule is Cc1cc(C)c(-c2c(C(=O)O)c(N)[nH]c(=O)c2C(=O)O)c(-n2cccn2)c1. The zero-order valence-electron chi connectivity index (χ0n) is 14.5. The van der Waals surface area contributed by atoms with Gasteiger partial charge >= 0.3 is 11.9 Å². The highest BCUT2D eigenvalue weighted by molar-refractivity contribution is 6.08. The predicted molar refractivity (Wildman–Crippen MR) is 97.4 cm³/mol. The first-order valence-corrected chi connectivity index (χ1v) is 7.86. The summed E-state index contributed by atoms with van der Waals surface area (Å²) < 4.78 is 1.48. The second-order valence-electron chi connectivity index (χ2n) is 6.03. The Bertz CT molecular complexity index is 1130. The number of hydrogen-bond acceptors (Lipinski definition) is 5. The Labute approximate surface area is 152 Å². The standard InChI is InChI=1S/C18H16N4O5/c1-8-6-9(2)11(10(7-8)22-5-3-4-20-22)12-13(17(24)25)15(19)21-16(23)14(12)18(26)27/h3-7H,1-2H3,(H,24,25)(H,26,27)(H3,19,21,23). The van der Waals surface area contributed by atoms with Gasteiger partial charge in [0.2, 0.25) is 0 Å². The van der Waals surface area contributed by atoms with E-state index in [1.807, 2.05) is 6.92 Å². The van der Waals surface area contributed by atoms with Crippen LogP contribution in [-0.4, -0.2) is 36.9 Å². The molecule has 2 aromatic heterocycles. The number of carboxylic acids is 2. The van der Waals surface area contributed by atoms with Crippen LogP contribution in [0, 0.1) is 13.8 Å². The van der Waals surface area contributed by atoms with Crippen LogP contribution < -0.4 is 11.3 Å². The first kappa shape index (κ1) is 17.9. The molecule has 0 amide bonds. The smallest absolute Gasteiger partial charge is 0.342 e. The second-order valence-corrected chi connectivity index (χ2v) is 6.03. The van der Waals surface area contributed by atoms with Crippen molar-refractivity contribution in [2.24, 2.45) is 0 Å². The van der Waals surface area contributed by atoms with Crippen molar-refractivity contribution in [3.8, 4) is 16.8 Å². The molecule has 0 radical (unpaired) electrons. The molecule has 0 atom stereocenters. The van der Waals surface area contributed by atoms with Crippen LogP contribution in [0.25, 0.3) is 16.8 Å². The molecular weight excluding hydrogens is 352 g/mol. The summed E-state index contributed by atoms with van der Waals surface area (Å²) >= 11 is 0. The molecule has 2 heterocycles. The first-order chi connectivity index (χ1) is 12.7. The third-order valence-electron chi connectivity index (χ3n) is 4.13. The number of nitrogens with one attached hydrogen (secondary N) is 1. The van der Waals surface area contributed by atoms with Crippen molar-refractivity contribution in [2.75, 3.05) is 5.73 Å². The molecule has 0 aliphatic rings. The number of aromatic carboxylic acids is 2. The van der Waals surface area contributed by atoms with E-state index >= 15 is 0 Å². The van der Waals surface area contributed by atoms with Gasteiger partial charge in [-0.05, 0) is 37.1 Å². The maximum Gasteiger partial charge on any atom is 0.342 e. The Balaban J connectivity index is 2.58. The lowest BCUT2D eigenvalue weighted by Gasteiger charge is -2.18. The molecule has 0 spiro atoms. The van der Waals surface area contributed by atoms with E-state index < -0.39 is 34.4 Å². The Kier molecular flexibility index (Phi) is 4.28. The molecular formula is C18H16N4O5. The van der Waals surface area contributed by atoms with Crippen LogP contribution in [0.1, 0.15) is 31.8 Å². The van der Waals surface area contributed by atoms with Crippen molar-refractivity contribution >= 4 is 17.8 Å².